The highest BCUT2D eigenvalue weighted by Gasteiger charge is 1.09. The monoisotopic (exact) mass is 72.0 g/mol. The highest BCUT2D eigenvalue weighted by molar-refractivity contribution is 7.59. The van der Waals surface area contributed by atoms with E-state index in [9.17, 15) is 0 Å². The van der Waals surface area contributed by atoms with Crippen LogP contribution < -0.4 is 0 Å². The molecule has 0 unspecified atom stereocenters. The van der Waals surface area contributed by atoms with Gasteiger partial charge in [-0.25, -0.2) is 0 Å². The van der Waals surface area contributed by atoms with Crippen LogP contribution in [0.1, 0.15) is 6.92 Å². The van der Waals surface area contributed by atoms with Crippen LogP contribution in [0.25, 0.3) is 0 Å². The third-order valence-corrected chi connectivity index (χ3v) is 0. The van der Waals surface area contributed by atoms with E-state index in [2.05, 4.69) is 12.3 Å². The molecule has 0 N–H and O–H groups in total. The summed E-state index contributed by atoms with van der Waals surface area (Å²) in [6, 6.07) is 0. The van der Waals surface area contributed by atoms with E-state index in [4.69, 9.17) is 0 Å². The van der Waals surface area contributed by atoms with E-state index in [0.29, 0.717) is 0 Å². The van der Waals surface area contributed by atoms with E-state index in [1.165, 1.54) is 0 Å². The minimum Gasteiger partial charge on any atom is -0.120 e. The molecule has 0 rings (SSSR count). The molecule has 0 nitrogen and oxygen atoms in total. The van der Waals surface area contributed by atoms with Crippen LogP contribution in [0.4, 0.5) is 0 Å². The van der Waals surface area contributed by atoms with Crippen LogP contribution in [0.2, 0.25) is 0 Å². The fraction of sp³-hybridized carbons (Fsp3) is 0.333. The van der Waals surface area contributed by atoms with E-state index in [-0.39, 0.29) is 13.5 Å². The molecule has 0 aromatic heterocycles. The van der Waals surface area contributed by atoms with Gasteiger partial charge in [-0.3, -0.25) is 0 Å². The fourth-order valence-corrected chi connectivity index (χ4v) is 0. The lowest BCUT2D eigenvalue weighted by atomic mass is 10.9. The molecule has 0 saturated carbocycles. The van der Waals surface area contributed by atoms with E-state index in [0.717, 1.165) is 0 Å². The predicted octanol–water partition coefficient (Wildman–Crippen LogP) is 1.29. The molecule has 1 heteroatoms. The lowest BCUT2D eigenvalue weighted by Gasteiger charge is -1.23. The molecular formula is C3H4S. The maximum Gasteiger partial charge on any atom is 0 e. The van der Waals surface area contributed by atoms with Crippen LogP contribution >= 0.6 is 13.5 Å². The lowest BCUT2D eigenvalue weighted by molar-refractivity contribution is 1.94. The summed E-state index contributed by atoms with van der Waals surface area (Å²) >= 11 is 0. The summed E-state index contributed by atoms with van der Waals surface area (Å²) in [5.74, 6) is 2.25. The fourth-order valence-electron chi connectivity index (χ4n) is 0. The number of terminal acetylenes is 1. The molecule has 0 aliphatic carbocycles. The summed E-state index contributed by atoms with van der Waals surface area (Å²) in [4.78, 5) is 0. The van der Waals surface area contributed by atoms with Crippen LogP contribution in [0.5, 0.6) is 0 Å². The SMILES string of the molecule is C#CC.[S]. The van der Waals surface area contributed by atoms with Gasteiger partial charge in [0.15, 0.2) is 0 Å². The van der Waals surface area contributed by atoms with Crippen molar-refractivity contribution in [3.8, 4) is 12.3 Å². The van der Waals surface area contributed by atoms with E-state index in [1.54, 1.807) is 6.92 Å². The second-order valence-electron chi connectivity index (χ2n) is 0.289. The van der Waals surface area contributed by atoms with Gasteiger partial charge >= 0.3 is 0 Å². The van der Waals surface area contributed by atoms with Gasteiger partial charge in [0.1, 0.15) is 0 Å². The molecule has 2 radical (unpaired) electrons. The Bertz CT molecular complexity index is 24.8. The summed E-state index contributed by atoms with van der Waals surface area (Å²) in [5.41, 5.74) is 0. The van der Waals surface area contributed by atoms with Gasteiger partial charge in [0.25, 0.3) is 0 Å². The Morgan fingerprint density at radius 3 is 1.75 bits per heavy atom. The molecule has 0 bridgehead atoms. The van der Waals surface area contributed by atoms with Gasteiger partial charge in [0, 0.05) is 13.5 Å². The van der Waals surface area contributed by atoms with Crippen LogP contribution in [-0.4, -0.2) is 0 Å². The minimum atomic E-state index is 0. The first-order valence-electron chi connectivity index (χ1n) is 0.789. The smallest absolute Gasteiger partial charge is 0 e. The van der Waals surface area contributed by atoms with Gasteiger partial charge in [-0.1, -0.05) is 0 Å². The zero-order valence-corrected chi connectivity index (χ0v) is 3.30. The molecule has 0 amide bonds. The number of hydrogen-bond donors (Lipinski definition) is 0. The van der Waals surface area contributed by atoms with Gasteiger partial charge in [-0.2, -0.15) is 0 Å². The molecule has 4 heavy (non-hydrogen) atoms. The van der Waals surface area contributed by atoms with Crippen LogP contribution in [0.15, 0.2) is 0 Å². The molecule has 0 aliphatic rings. The Balaban J connectivity index is 0. The second-order valence-corrected chi connectivity index (χ2v) is 0.289. The summed E-state index contributed by atoms with van der Waals surface area (Å²) in [6.07, 6.45) is 4.60. The van der Waals surface area contributed by atoms with Crippen molar-refractivity contribution < 1.29 is 0 Å². The Labute approximate surface area is 33.7 Å². The summed E-state index contributed by atoms with van der Waals surface area (Å²) in [5, 5.41) is 0. The molecule has 0 aromatic carbocycles. The Morgan fingerprint density at radius 1 is 1.75 bits per heavy atom. The van der Waals surface area contributed by atoms with Crippen LogP contribution in [-0.2, 0) is 0 Å². The highest BCUT2D eigenvalue weighted by atomic mass is 32.1. The van der Waals surface area contributed by atoms with Gasteiger partial charge < -0.3 is 0 Å². The number of hydrogen-bond acceptors (Lipinski definition) is 0. The molecule has 0 aliphatic heterocycles. The van der Waals surface area contributed by atoms with E-state index in [1.807, 2.05) is 0 Å². The van der Waals surface area contributed by atoms with Crippen molar-refractivity contribution in [2.24, 2.45) is 0 Å². The molecule has 0 heterocycles. The normalized spacial score (nSPS) is 2.00. The molecule has 0 atom stereocenters. The third-order valence-electron chi connectivity index (χ3n) is 0. The highest BCUT2D eigenvalue weighted by Crippen LogP contribution is 1.21. The maximum atomic E-state index is 4.60. The lowest BCUT2D eigenvalue weighted by Crippen LogP contribution is -1.10. The quantitative estimate of drug-likeness (QED) is 0.378. The average molecular weight is 72.1 g/mol. The molecule has 0 saturated heterocycles. The molecule has 0 spiro atoms. The van der Waals surface area contributed by atoms with Crippen molar-refractivity contribution in [1.82, 2.24) is 0 Å². The van der Waals surface area contributed by atoms with Gasteiger partial charge in [0.2, 0.25) is 0 Å². The van der Waals surface area contributed by atoms with Gasteiger partial charge in [-0.15, -0.1) is 12.3 Å². The Morgan fingerprint density at radius 2 is 1.75 bits per heavy atom. The second kappa shape index (κ2) is 12.8. The molecule has 0 fully saturated rings. The van der Waals surface area contributed by atoms with Gasteiger partial charge in [0.05, 0.1) is 0 Å². The number of rotatable bonds is 0. The van der Waals surface area contributed by atoms with Crippen LogP contribution in [0, 0.1) is 12.3 Å². The van der Waals surface area contributed by atoms with Crippen LogP contribution in [0.3, 0.4) is 0 Å². The average Bonchev–Trinajstić information content (AvgIpc) is 0.918. The van der Waals surface area contributed by atoms with Gasteiger partial charge in [-0.05, 0) is 6.92 Å². The Hall–Kier alpha value is -0.0900. The van der Waals surface area contributed by atoms with E-state index >= 15 is 0 Å². The first-order valence-corrected chi connectivity index (χ1v) is 0.789. The summed E-state index contributed by atoms with van der Waals surface area (Å²) in [6.45, 7) is 1.65. The third kappa shape index (κ3) is 195. The van der Waals surface area contributed by atoms with Crippen molar-refractivity contribution in [2.45, 2.75) is 6.92 Å². The first-order chi connectivity index (χ1) is 1.41. The zero-order chi connectivity index (χ0) is 2.71. The van der Waals surface area contributed by atoms with E-state index < -0.39 is 0 Å². The van der Waals surface area contributed by atoms with Crippen molar-refractivity contribution >= 4 is 13.5 Å². The van der Waals surface area contributed by atoms with Crippen molar-refractivity contribution in [2.75, 3.05) is 0 Å². The Kier molecular flexibility index (Phi) is 29.1. The standard InChI is InChI=1S/C3H4.S/c1-3-2;/h1H,2H3;. The summed E-state index contributed by atoms with van der Waals surface area (Å²) < 4.78 is 0. The summed E-state index contributed by atoms with van der Waals surface area (Å²) in [7, 11) is 0. The van der Waals surface area contributed by atoms with Crippen molar-refractivity contribution in [3.05, 3.63) is 0 Å². The van der Waals surface area contributed by atoms with Crippen molar-refractivity contribution in [1.29, 1.82) is 0 Å². The molecular weight excluding hydrogens is 68.1 g/mol. The van der Waals surface area contributed by atoms with Crippen molar-refractivity contribution in [3.63, 3.8) is 0 Å². The minimum absolute atomic E-state index is 0. The zero-order valence-electron chi connectivity index (χ0n) is 2.49. The first kappa shape index (κ1) is 9.08. The largest absolute Gasteiger partial charge is 0.120 e. The molecule has 22 valence electrons. The maximum absolute atomic E-state index is 4.60. The predicted molar refractivity (Wildman–Crippen MR) is 22.1 cm³/mol. The molecule has 0 aromatic rings. The topological polar surface area (TPSA) is 0 Å².